The molecule has 2 N–H and O–H groups in total. The van der Waals surface area contributed by atoms with Gasteiger partial charge in [0, 0.05) is 11.3 Å². The number of rotatable bonds is 13. The molecule has 0 unspecified atom stereocenters. The number of hydrogen-bond acceptors (Lipinski definition) is 8. The van der Waals surface area contributed by atoms with Crippen LogP contribution in [0.2, 0.25) is 0 Å². The summed E-state index contributed by atoms with van der Waals surface area (Å²) in [4.78, 5) is 37.7. The van der Waals surface area contributed by atoms with Crippen LogP contribution in [-0.4, -0.2) is 52.0 Å². The zero-order valence-electron chi connectivity index (χ0n) is 24.7. The van der Waals surface area contributed by atoms with E-state index in [0.717, 1.165) is 29.7 Å². The zero-order chi connectivity index (χ0) is 30.8. The van der Waals surface area contributed by atoms with E-state index in [1.54, 1.807) is 62.6 Å². The fraction of sp³-hybridized carbons (Fsp3) is 0.281. The fourth-order valence-electron chi connectivity index (χ4n) is 4.47. The molecular formula is C32H35N5O5S. The first-order chi connectivity index (χ1) is 20.9. The van der Waals surface area contributed by atoms with Crippen molar-refractivity contribution >= 4 is 35.2 Å². The number of anilines is 1. The van der Waals surface area contributed by atoms with Gasteiger partial charge in [-0.1, -0.05) is 43.8 Å². The lowest BCUT2D eigenvalue weighted by atomic mass is 10.0. The fourth-order valence-corrected chi connectivity index (χ4v) is 5.23. The number of nitrogens with one attached hydrogen (secondary N) is 2. The van der Waals surface area contributed by atoms with E-state index in [4.69, 9.17) is 9.47 Å². The molecule has 0 aliphatic rings. The monoisotopic (exact) mass is 601 g/mol. The van der Waals surface area contributed by atoms with E-state index < -0.39 is 5.97 Å². The van der Waals surface area contributed by atoms with Gasteiger partial charge in [-0.3, -0.25) is 14.2 Å². The van der Waals surface area contributed by atoms with Gasteiger partial charge in [-0.2, -0.15) is 0 Å². The predicted octanol–water partition coefficient (Wildman–Crippen LogP) is 5.24. The molecule has 11 heteroatoms. The maximum Gasteiger partial charge on any atom is 0.338 e. The SMILES string of the molecule is CCOC(=O)c1ccc(NC(=O)CSc2nnc(CNC(=O)c3ccc(OC)cc3)n2-c2c(CC)cccc2CC)cc1. The predicted molar refractivity (Wildman–Crippen MR) is 166 cm³/mol. The summed E-state index contributed by atoms with van der Waals surface area (Å²) >= 11 is 1.25. The van der Waals surface area contributed by atoms with Gasteiger partial charge in [-0.15, -0.1) is 10.2 Å². The van der Waals surface area contributed by atoms with Crippen LogP contribution in [0.25, 0.3) is 5.69 Å². The highest BCUT2D eigenvalue weighted by Gasteiger charge is 2.21. The lowest BCUT2D eigenvalue weighted by molar-refractivity contribution is -0.113. The third kappa shape index (κ3) is 7.81. The van der Waals surface area contributed by atoms with Crippen molar-refractivity contribution in [1.82, 2.24) is 20.1 Å². The number of carbonyl (C=O) groups is 3. The lowest BCUT2D eigenvalue weighted by Crippen LogP contribution is -2.25. The normalized spacial score (nSPS) is 10.7. The van der Waals surface area contributed by atoms with Gasteiger partial charge >= 0.3 is 5.97 Å². The van der Waals surface area contributed by atoms with Crippen LogP contribution in [0.1, 0.15) is 58.4 Å². The highest BCUT2D eigenvalue weighted by atomic mass is 32.2. The van der Waals surface area contributed by atoms with Crippen molar-refractivity contribution in [1.29, 1.82) is 0 Å². The number of aromatic nitrogens is 3. The van der Waals surface area contributed by atoms with Gasteiger partial charge in [0.1, 0.15) is 5.75 Å². The van der Waals surface area contributed by atoms with Gasteiger partial charge in [-0.25, -0.2) is 4.79 Å². The molecule has 224 valence electrons. The number of esters is 1. The van der Waals surface area contributed by atoms with Crippen LogP contribution in [0.4, 0.5) is 5.69 Å². The van der Waals surface area contributed by atoms with E-state index in [1.165, 1.54) is 11.8 Å². The van der Waals surface area contributed by atoms with Crippen LogP contribution in [0.5, 0.6) is 5.75 Å². The van der Waals surface area contributed by atoms with Crippen molar-refractivity contribution in [3.63, 3.8) is 0 Å². The van der Waals surface area contributed by atoms with Gasteiger partial charge in [0.2, 0.25) is 5.91 Å². The Balaban J connectivity index is 1.54. The molecule has 0 spiro atoms. The largest absolute Gasteiger partial charge is 0.497 e. The lowest BCUT2D eigenvalue weighted by Gasteiger charge is -2.18. The average molecular weight is 602 g/mol. The molecule has 43 heavy (non-hydrogen) atoms. The second-order valence-electron chi connectivity index (χ2n) is 9.41. The second-order valence-corrected chi connectivity index (χ2v) is 10.4. The van der Waals surface area contributed by atoms with E-state index in [2.05, 4.69) is 46.8 Å². The third-order valence-corrected chi connectivity index (χ3v) is 7.59. The summed E-state index contributed by atoms with van der Waals surface area (Å²) in [5, 5.41) is 15.2. The van der Waals surface area contributed by atoms with Gasteiger partial charge in [0.05, 0.1) is 37.3 Å². The molecule has 0 radical (unpaired) electrons. The molecule has 0 aliphatic carbocycles. The highest BCUT2D eigenvalue weighted by molar-refractivity contribution is 7.99. The molecule has 2 amide bonds. The molecule has 0 saturated carbocycles. The smallest absolute Gasteiger partial charge is 0.338 e. The number of amides is 2. The number of para-hydroxylation sites is 1. The van der Waals surface area contributed by atoms with Gasteiger partial charge in [0.25, 0.3) is 5.91 Å². The molecule has 4 aromatic rings. The van der Waals surface area contributed by atoms with Crippen LogP contribution in [0.3, 0.4) is 0 Å². The molecule has 4 rings (SSSR count). The maximum atomic E-state index is 12.9. The van der Waals surface area contributed by atoms with Crippen LogP contribution < -0.4 is 15.4 Å². The Morgan fingerprint density at radius 2 is 1.51 bits per heavy atom. The standard InChI is InChI=1S/C32H35N5O5S/c1-5-21-9-8-10-22(6-2)29(21)37-27(19-33-30(39)23-13-17-26(41-4)18-14-23)35-36-32(37)43-20-28(38)34-25-15-11-24(12-16-25)31(40)42-7-3/h8-18H,5-7,19-20H2,1-4H3,(H,33,39)(H,34,38). The van der Waals surface area contributed by atoms with Crippen LogP contribution in [0, 0.1) is 0 Å². The topological polar surface area (TPSA) is 124 Å². The van der Waals surface area contributed by atoms with E-state index in [1.807, 2.05) is 10.6 Å². The summed E-state index contributed by atoms with van der Waals surface area (Å²) in [6, 6.07) is 19.6. The molecule has 1 heterocycles. The average Bonchev–Trinajstić information content (AvgIpc) is 3.44. The summed E-state index contributed by atoms with van der Waals surface area (Å²) in [5.41, 5.74) is 4.65. The summed E-state index contributed by atoms with van der Waals surface area (Å²) in [6.45, 7) is 6.34. The molecule has 3 aromatic carbocycles. The van der Waals surface area contributed by atoms with Gasteiger partial charge < -0.3 is 20.1 Å². The van der Waals surface area contributed by atoms with Gasteiger partial charge in [0.15, 0.2) is 11.0 Å². The van der Waals surface area contributed by atoms with Crippen molar-refractivity contribution in [3.8, 4) is 11.4 Å². The second kappa shape index (κ2) is 15.0. The quantitative estimate of drug-likeness (QED) is 0.158. The molecule has 0 fully saturated rings. The van der Waals surface area contributed by atoms with Crippen molar-refractivity contribution in [2.45, 2.75) is 45.3 Å². The number of methoxy groups -OCH3 is 1. The van der Waals surface area contributed by atoms with Gasteiger partial charge in [-0.05, 0) is 79.4 Å². The number of carbonyl (C=O) groups excluding carboxylic acids is 3. The van der Waals surface area contributed by atoms with Crippen molar-refractivity contribution in [2.75, 3.05) is 24.8 Å². The number of benzene rings is 3. The number of aryl methyl sites for hydroxylation is 2. The molecule has 0 saturated heterocycles. The van der Waals surface area contributed by atoms with Crippen LogP contribution in [0.15, 0.2) is 71.9 Å². The molecule has 0 bridgehead atoms. The maximum absolute atomic E-state index is 12.9. The van der Waals surface area contributed by atoms with E-state index >= 15 is 0 Å². The minimum absolute atomic E-state index is 0.0751. The van der Waals surface area contributed by atoms with Crippen molar-refractivity contribution in [2.24, 2.45) is 0 Å². The molecule has 10 nitrogen and oxygen atoms in total. The Bertz CT molecular complexity index is 1550. The minimum atomic E-state index is -0.412. The first-order valence-electron chi connectivity index (χ1n) is 14.1. The Morgan fingerprint density at radius 3 is 2.12 bits per heavy atom. The number of nitrogens with zero attached hydrogens (tertiary/aromatic N) is 3. The molecular weight excluding hydrogens is 566 g/mol. The summed E-state index contributed by atoms with van der Waals surface area (Å²) in [7, 11) is 1.57. The number of ether oxygens (including phenoxy) is 2. The zero-order valence-corrected chi connectivity index (χ0v) is 25.5. The molecule has 0 atom stereocenters. The number of hydrogen-bond donors (Lipinski definition) is 2. The van der Waals surface area contributed by atoms with Crippen LogP contribution >= 0.6 is 11.8 Å². The molecule has 0 aliphatic heterocycles. The minimum Gasteiger partial charge on any atom is -0.497 e. The molecule has 1 aromatic heterocycles. The Morgan fingerprint density at radius 1 is 0.860 bits per heavy atom. The first kappa shape index (κ1) is 31.3. The van der Waals surface area contributed by atoms with Crippen molar-refractivity contribution in [3.05, 3.63) is 94.8 Å². The highest BCUT2D eigenvalue weighted by Crippen LogP contribution is 2.28. The Kier molecular flexibility index (Phi) is 10.9. The number of thioether (sulfide) groups is 1. The Hall–Kier alpha value is -4.64. The summed E-state index contributed by atoms with van der Waals surface area (Å²) < 4.78 is 12.1. The summed E-state index contributed by atoms with van der Waals surface area (Å²) in [6.07, 6.45) is 1.57. The van der Waals surface area contributed by atoms with Crippen molar-refractivity contribution < 1.29 is 23.9 Å². The van der Waals surface area contributed by atoms with Crippen LogP contribution in [-0.2, 0) is 28.9 Å². The summed E-state index contributed by atoms with van der Waals surface area (Å²) in [5.74, 6) is 0.390. The van der Waals surface area contributed by atoms with E-state index in [0.29, 0.717) is 40.2 Å². The third-order valence-electron chi connectivity index (χ3n) is 6.66. The first-order valence-corrected chi connectivity index (χ1v) is 15.0. The van der Waals surface area contributed by atoms with E-state index in [9.17, 15) is 14.4 Å². The Labute approximate surface area is 255 Å². The van der Waals surface area contributed by atoms with E-state index in [-0.39, 0.29) is 24.1 Å².